The average molecular weight is 284 g/mol. The highest BCUT2D eigenvalue weighted by Gasteiger charge is 1.99. The van der Waals surface area contributed by atoms with Crippen molar-refractivity contribution in [2.24, 2.45) is 0 Å². The Balaban J connectivity index is 2.05. The topological polar surface area (TPSA) is 44.8 Å². The van der Waals surface area contributed by atoms with Gasteiger partial charge in [0.25, 0.3) is 0 Å². The Labute approximate surface area is 123 Å². The van der Waals surface area contributed by atoms with E-state index in [9.17, 15) is 4.79 Å². The maximum Gasteiger partial charge on any atom is 0.330 e. The summed E-state index contributed by atoms with van der Waals surface area (Å²) < 4.78 is 15.4. The number of hydrogen-bond acceptors (Lipinski definition) is 4. The lowest BCUT2D eigenvalue weighted by atomic mass is 10.2. The minimum Gasteiger partial charge on any atom is -0.497 e. The zero-order valence-electron chi connectivity index (χ0n) is 11.9. The molecule has 108 valence electrons. The molecule has 0 atom stereocenters. The maximum atomic E-state index is 11.0. The van der Waals surface area contributed by atoms with Gasteiger partial charge in [0.2, 0.25) is 0 Å². The van der Waals surface area contributed by atoms with Gasteiger partial charge in [0.15, 0.2) is 0 Å². The molecule has 2 rings (SSSR count). The summed E-state index contributed by atoms with van der Waals surface area (Å²) in [5.41, 5.74) is 0.887. The molecule has 4 nitrogen and oxygen atoms in total. The number of carbonyl (C=O) groups is 1. The van der Waals surface area contributed by atoms with E-state index in [1.165, 1.54) is 13.2 Å². The molecule has 0 aliphatic carbocycles. The van der Waals surface area contributed by atoms with Gasteiger partial charge in [-0.1, -0.05) is 18.2 Å². The van der Waals surface area contributed by atoms with Crippen LogP contribution in [0.1, 0.15) is 5.56 Å². The zero-order chi connectivity index (χ0) is 15.1. The number of benzene rings is 2. The molecule has 0 radical (unpaired) electrons. The van der Waals surface area contributed by atoms with Crippen molar-refractivity contribution in [3.8, 4) is 17.2 Å². The van der Waals surface area contributed by atoms with Crippen LogP contribution in [0.5, 0.6) is 17.2 Å². The van der Waals surface area contributed by atoms with Crippen LogP contribution in [0.4, 0.5) is 0 Å². The van der Waals surface area contributed by atoms with Gasteiger partial charge in [-0.15, -0.1) is 0 Å². The largest absolute Gasteiger partial charge is 0.497 e. The van der Waals surface area contributed by atoms with Gasteiger partial charge in [-0.25, -0.2) is 4.79 Å². The third-order valence-electron chi connectivity index (χ3n) is 2.77. The first-order valence-corrected chi connectivity index (χ1v) is 6.39. The predicted octanol–water partition coefficient (Wildman–Crippen LogP) is 3.67. The summed E-state index contributed by atoms with van der Waals surface area (Å²) in [6.45, 7) is 0. The van der Waals surface area contributed by atoms with Crippen molar-refractivity contribution in [3.63, 3.8) is 0 Å². The molecular weight excluding hydrogens is 268 g/mol. The van der Waals surface area contributed by atoms with E-state index >= 15 is 0 Å². The molecule has 0 unspecified atom stereocenters. The third kappa shape index (κ3) is 4.38. The van der Waals surface area contributed by atoms with Crippen molar-refractivity contribution in [3.05, 3.63) is 60.2 Å². The molecule has 0 heterocycles. The fourth-order valence-corrected chi connectivity index (χ4v) is 1.68. The number of rotatable bonds is 5. The molecule has 0 aliphatic rings. The summed E-state index contributed by atoms with van der Waals surface area (Å²) in [5.74, 6) is 1.77. The highest BCUT2D eigenvalue weighted by atomic mass is 16.5. The van der Waals surface area contributed by atoms with Gasteiger partial charge in [-0.2, -0.15) is 0 Å². The van der Waals surface area contributed by atoms with E-state index in [-0.39, 0.29) is 5.97 Å². The number of hydrogen-bond donors (Lipinski definition) is 0. The first-order chi connectivity index (χ1) is 10.2. The molecule has 2 aromatic carbocycles. The van der Waals surface area contributed by atoms with Crippen LogP contribution < -0.4 is 9.47 Å². The van der Waals surface area contributed by atoms with Gasteiger partial charge >= 0.3 is 5.97 Å². The van der Waals surface area contributed by atoms with Crippen molar-refractivity contribution in [2.75, 3.05) is 14.2 Å². The van der Waals surface area contributed by atoms with Crippen LogP contribution in [-0.4, -0.2) is 20.2 Å². The Morgan fingerprint density at radius 2 is 1.67 bits per heavy atom. The Morgan fingerprint density at radius 1 is 0.952 bits per heavy atom. The number of carbonyl (C=O) groups excluding carboxylic acids is 1. The molecule has 0 aromatic heterocycles. The highest BCUT2D eigenvalue weighted by Crippen LogP contribution is 2.25. The lowest BCUT2D eigenvalue weighted by molar-refractivity contribution is -0.134. The second-order valence-corrected chi connectivity index (χ2v) is 4.21. The summed E-state index contributed by atoms with van der Waals surface area (Å²) in [5, 5.41) is 0. The molecule has 0 N–H and O–H groups in total. The van der Waals surface area contributed by atoms with E-state index in [0.29, 0.717) is 11.5 Å². The van der Waals surface area contributed by atoms with Crippen LogP contribution >= 0.6 is 0 Å². The van der Waals surface area contributed by atoms with Gasteiger partial charge < -0.3 is 14.2 Å². The van der Waals surface area contributed by atoms with Crippen LogP contribution in [0.2, 0.25) is 0 Å². The molecule has 0 amide bonds. The summed E-state index contributed by atoms with van der Waals surface area (Å²) in [4.78, 5) is 11.0. The average Bonchev–Trinajstić information content (AvgIpc) is 2.54. The Hall–Kier alpha value is -2.75. The quantitative estimate of drug-likeness (QED) is 0.620. The van der Waals surface area contributed by atoms with E-state index in [4.69, 9.17) is 9.47 Å². The smallest absolute Gasteiger partial charge is 0.330 e. The maximum absolute atomic E-state index is 11.0. The second-order valence-electron chi connectivity index (χ2n) is 4.21. The minimum atomic E-state index is -0.383. The van der Waals surface area contributed by atoms with Gasteiger partial charge in [0.05, 0.1) is 14.2 Å². The molecule has 0 spiro atoms. The Kier molecular flexibility index (Phi) is 4.99. The van der Waals surface area contributed by atoms with E-state index in [2.05, 4.69) is 4.74 Å². The molecule has 0 aliphatic heterocycles. The molecule has 2 aromatic rings. The fraction of sp³-hybridized carbons (Fsp3) is 0.118. The van der Waals surface area contributed by atoms with Crippen molar-refractivity contribution >= 4 is 12.0 Å². The minimum absolute atomic E-state index is 0.383. The summed E-state index contributed by atoms with van der Waals surface area (Å²) in [7, 11) is 2.96. The number of methoxy groups -OCH3 is 2. The Bertz CT molecular complexity index is 629. The predicted molar refractivity (Wildman–Crippen MR) is 80.6 cm³/mol. The first-order valence-electron chi connectivity index (χ1n) is 6.39. The number of ether oxygens (including phenoxy) is 3. The van der Waals surface area contributed by atoms with Gasteiger partial charge in [0.1, 0.15) is 17.2 Å². The monoisotopic (exact) mass is 284 g/mol. The van der Waals surface area contributed by atoms with Gasteiger partial charge in [0, 0.05) is 12.1 Å². The second kappa shape index (κ2) is 7.14. The summed E-state index contributed by atoms with van der Waals surface area (Å²) in [6, 6.07) is 14.8. The Morgan fingerprint density at radius 3 is 2.33 bits per heavy atom. The van der Waals surface area contributed by atoms with E-state index in [0.717, 1.165) is 11.3 Å². The van der Waals surface area contributed by atoms with Crippen molar-refractivity contribution in [1.29, 1.82) is 0 Å². The van der Waals surface area contributed by atoms with Crippen molar-refractivity contribution in [1.82, 2.24) is 0 Å². The molecule has 0 fully saturated rings. The molecule has 21 heavy (non-hydrogen) atoms. The summed E-state index contributed by atoms with van der Waals surface area (Å²) >= 11 is 0. The molecule has 0 bridgehead atoms. The van der Waals surface area contributed by atoms with Crippen LogP contribution in [0, 0.1) is 0 Å². The van der Waals surface area contributed by atoms with Crippen LogP contribution in [-0.2, 0) is 9.53 Å². The standard InChI is InChI=1S/C17H16O4/c1-19-15-4-3-5-16(12-15)21-14-9-6-13(7-10-14)8-11-17(18)20-2/h3-12H,1-2H3/b11-8+. The normalized spacial score (nSPS) is 10.4. The lowest BCUT2D eigenvalue weighted by Gasteiger charge is -2.07. The number of esters is 1. The summed E-state index contributed by atoms with van der Waals surface area (Å²) in [6.07, 6.45) is 3.05. The van der Waals surface area contributed by atoms with Crippen LogP contribution in [0.15, 0.2) is 54.6 Å². The SMILES string of the molecule is COC(=O)/C=C/c1ccc(Oc2cccc(OC)c2)cc1. The van der Waals surface area contributed by atoms with E-state index in [1.54, 1.807) is 13.2 Å². The molecular formula is C17H16O4. The zero-order valence-corrected chi connectivity index (χ0v) is 11.9. The molecule has 0 saturated carbocycles. The van der Waals surface area contributed by atoms with Crippen LogP contribution in [0.3, 0.4) is 0 Å². The third-order valence-corrected chi connectivity index (χ3v) is 2.77. The van der Waals surface area contributed by atoms with Crippen molar-refractivity contribution < 1.29 is 19.0 Å². The fourth-order valence-electron chi connectivity index (χ4n) is 1.68. The van der Waals surface area contributed by atoms with Crippen LogP contribution in [0.25, 0.3) is 6.08 Å². The molecule has 4 heteroatoms. The first kappa shape index (κ1) is 14.7. The van der Waals surface area contributed by atoms with Crippen molar-refractivity contribution in [2.45, 2.75) is 0 Å². The highest BCUT2D eigenvalue weighted by molar-refractivity contribution is 5.86. The lowest BCUT2D eigenvalue weighted by Crippen LogP contribution is -1.93. The van der Waals surface area contributed by atoms with Gasteiger partial charge in [-0.05, 0) is 35.9 Å². The van der Waals surface area contributed by atoms with E-state index in [1.807, 2.05) is 48.5 Å². The molecule has 0 saturated heterocycles. The van der Waals surface area contributed by atoms with Gasteiger partial charge in [-0.3, -0.25) is 0 Å². The van der Waals surface area contributed by atoms with E-state index < -0.39 is 0 Å².